The van der Waals surface area contributed by atoms with Gasteiger partial charge in [-0.1, -0.05) is 47.1 Å². The summed E-state index contributed by atoms with van der Waals surface area (Å²) in [6, 6.07) is 22.4. The Hall–Kier alpha value is -3.11. The molecule has 27 heavy (non-hydrogen) atoms. The van der Waals surface area contributed by atoms with Crippen LogP contribution in [0.3, 0.4) is 0 Å². The first-order chi connectivity index (χ1) is 13.1. The van der Waals surface area contributed by atoms with Crippen LogP contribution < -0.4 is 5.32 Å². The van der Waals surface area contributed by atoms with Gasteiger partial charge in [0.2, 0.25) is 0 Å². The van der Waals surface area contributed by atoms with Gasteiger partial charge in [0.15, 0.2) is 5.76 Å². The molecule has 4 rings (SSSR count). The lowest BCUT2D eigenvalue weighted by molar-refractivity contribution is 0.0940. The van der Waals surface area contributed by atoms with Crippen LogP contribution in [0.25, 0.3) is 22.2 Å². The van der Waals surface area contributed by atoms with Gasteiger partial charge in [0, 0.05) is 16.1 Å². The predicted molar refractivity (Wildman–Crippen MR) is 107 cm³/mol. The van der Waals surface area contributed by atoms with Crippen LogP contribution in [0.2, 0.25) is 5.02 Å². The highest BCUT2D eigenvalue weighted by molar-refractivity contribution is 6.30. The Kier molecular flexibility index (Phi) is 4.65. The average molecular weight is 377 g/mol. The van der Waals surface area contributed by atoms with Crippen LogP contribution in [0, 0.1) is 0 Å². The van der Waals surface area contributed by atoms with Crippen LogP contribution in [0.4, 0.5) is 0 Å². The van der Waals surface area contributed by atoms with Gasteiger partial charge in [0.25, 0.3) is 5.91 Å². The molecule has 1 atom stereocenters. The first kappa shape index (κ1) is 17.3. The van der Waals surface area contributed by atoms with Crippen LogP contribution in [-0.4, -0.2) is 11.1 Å². The number of carbonyl (C=O) groups excluding carboxylic acids is 1. The highest BCUT2D eigenvalue weighted by Crippen LogP contribution is 2.30. The van der Waals surface area contributed by atoms with E-state index in [0.29, 0.717) is 21.9 Å². The number of nitrogens with one attached hydrogen (secondary N) is 1. The quantitative estimate of drug-likeness (QED) is 0.501. The third-order valence-electron chi connectivity index (χ3n) is 4.49. The van der Waals surface area contributed by atoms with Crippen molar-refractivity contribution in [2.75, 3.05) is 0 Å². The molecule has 1 amide bonds. The van der Waals surface area contributed by atoms with E-state index in [0.717, 1.165) is 16.5 Å². The van der Waals surface area contributed by atoms with E-state index < -0.39 is 0 Å². The monoisotopic (exact) mass is 376 g/mol. The molecular weight excluding hydrogens is 360 g/mol. The molecular formula is C22H17ClN2O2. The molecule has 0 bridgehead atoms. The van der Waals surface area contributed by atoms with Crippen molar-refractivity contribution in [1.29, 1.82) is 0 Å². The van der Waals surface area contributed by atoms with Crippen LogP contribution in [-0.2, 0) is 0 Å². The Morgan fingerprint density at radius 1 is 1.04 bits per heavy atom. The zero-order valence-electron chi connectivity index (χ0n) is 14.6. The molecule has 5 heteroatoms. The van der Waals surface area contributed by atoms with E-state index >= 15 is 0 Å². The highest BCUT2D eigenvalue weighted by atomic mass is 35.5. The molecule has 0 spiro atoms. The van der Waals surface area contributed by atoms with Crippen molar-refractivity contribution in [2.24, 2.45) is 0 Å². The number of hydrogen-bond donors (Lipinski definition) is 1. The second-order valence-electron chi connectivity index (χ2n) is 6.36. The van der Waals surface area contributed by atoms with Crippen molar-refractivity contribution in [3.8, 4) is 11.3 Å². The van der Waals surface area contributed by atoms with Gasteiger partial charge in [-0.2, -0.15) is 0 Å². The molecule has 1 N–H and O–H groups in total. The maximum absolute atomic E-state index is 12.7. The molecule has 1 aromatic heterocycles. The third kappa shape index (κ3) is 3.57. The Bertz CT molecular complexity index is 1090. The fourth-order valence-corrected chi connectivity index (χ4v) is 3.12. The molecule has 0 aliphatic rings. The predicted octanol–water partition coefficient (Wildman–Crippen LogP) is 5.64. The van der Waals surface area contributed by atoms with Crippen LogP contribution in [0.1, 0.15) is 28.9 Å². The number of halogens is 1. The summed E-state index contributed by atoms with van der Waals surface area (Å²) in [7, 11) is 0. The van der Waals surface area contributed by atoms with Crippen LogP contribution in [0.5, 0.6) is 0 Å². The summed E-state index contributed by atoms with van der Waals surface area (Å²) in [5, 5.41) is 8.56. The molecule has 1 unspecified atom stereocenters. The van der Waals surface area contributed by atoms with Crippen LogP contribution in [0.15, 0.2) is 77.3 Å². The largest absolute Gasteiger partial charge is 0.355 e. The SMILES string of the molecule is CC(NC(=O)c1ccc2noc(-c3ccc(Cl)cc3)c2c1)c1ccccc1. The molecule has 0 radical (unpaired) electrons. The van der Waals surface area contributed by atoms with Gasteiger partial charge in [-0.05, 0) is 55.0 Å². The molecule has 134 valence electrons. The normalized spacial score (nSPS) is 12.1. The minimum absolute atomic E-state index is 0.0902. The fourth-order valence-electron chi connectivity index (χ4n) is 3.00. The Morgan fingerprint density at radius 3 is 2.52 bits per heavy atom. The molecule has 0 aliphatic heterocycles. The molecule has 0 aliphatic carbocycles. The van der Waals surface area contributed by atoms with E-state index in [-0.39, 0.29) is 11.9 Å². The molecule has 0 saturated carbocycles. The lowest BCUT2D eigenvalue weighted by Gasteiger charge is -2.14. The summed E-state index contributed by atoms with van der Waals surface area (Å²) in [4.78, 5) is 12.7. The van der Waals surface area contributed by atoms with Gasteiger partial charge in [-0.3, -0.25) is 4.79 Å². The summed E-state index contributed by atoms with van der Waals surface area (Å²) in [6.45, 7) is 1.96. The number of nitrogens with zero attached hydrogens (tertiary/aromatic N) is 1. The van der Waals surface area contributed by atoms with Crippen LogP contribution >= 0.6 is 11.6 Å². The van der Waals surface area contributed by atoms with E-state index in [2.05, 4.69) is 10.5 Å². The van der Waals surface area contributed by atoms with E-state index in [1.54, 1.807) is 24.3 Å². The van der Waals surface area contributed by atoms with E-state index in [9.17, 15) is 4.79 Å². The number of rotatable bonds is 4. The summed E-state index contributed by atoms with van der Waals surface area (Å²) < 4.78 is 5.50. The second-order valence-corrected chi connectivity index (χ2v) is 6.79. The third-order valence-corrected chi connectivity index (χ3v) is 4.74. The molecule has 3 aromatic carbocycles. The Labute approximate surface area is 161 Å². The molecule has 0 saturated heterocycles. The van der Waals surface area contributed by atoms with Gasteiger partial charge in [-0.15, -0.1) is 0 Å². The second kappa shape index (κ2) is 7.25. The van der Waals surface area contributed by atoms with Crippen molar-refractivity contribution >= 4 is 28.4 Å². The molecule has 4 nitrogen and oxygen atoms in total. The lowest BCUT2D eigenvalue weighted by Crippen LogP contribution is -2.26. The molecule has 1 heterocycles. The van der Waals surface area contributed by atoms with Crippen molar-refractivity contribution in [2.45, 2.75) is 13.0 Å². The fraction of sp³-hybridized carbons (Fsp3) is 0.0909. The molecule has 0 fully saturated rings. The van der Waals surface area contributed by atoms with Gasteiger partial charge >= 0.3 is 0 Å². The minimum atomic E-state index is -0.142. The van der Waals surface area contributed by atoms with Crippen molar-refractivity contribution in [1.82, 2.24) is 10.5 Å². The van der Waals surface area contributed by atoms with Crippen molar-refractivity contribution < 1.29 is 9.32 Å². The first-order valence-electron chi connectivity index (χ1n) is 8.63. The topological polar surface area (TPSA) is 55.1 Å². The Balaban J connectivity index is 1.63. The zero-order valence-corrected chi connectivity index (χ0v) is 15.4. The molecule has 4 aromatic rings. The standard InChI is InChI=1S/C22H17ClN2O2/c1-14(15-5-3-2-4-6-15)24-22(26)17-9-12-20-19(13-17)21(27-25-20)16-7-10-18(23)11-8-16/h2-14H,1H3,(H,24,26). The number of hydrogen-bond acceptors (Lipinski definition) is 3. The van der Waals surface area contributed by atoms with E-state index in [4.69, 9.17) is 16.1 Å². The summed E-state index contributed by atoms with van der Waals surface area (Å²) >= 11 is 5.96. The smallest absolute Gasteiger partial charge is 0.251 e. The summed E-state index contributed by atoms with van der Waals surface area (Å²) in [5.74, 6) is 0.476. The highest BCUT2D eigenvalue weighted by Gasteiger charge is 2.16. The average Bonchev–Trinajstić information content (AvgIpc) is 3.12. The number of carbonyl (C=O) groups is 1. The first-order valence-corrected chi connectivity index (χ1v) is 9.01. The van der Waals surface area contributed by atoms with Gasteiger partial charge in [0.1, 0.15) is 5.52 Å². The number of benzene rings is 3. The summed E-state index contributed by atoms with van der Waals surface area (Å²) in [6.07, 6.45) is 0. The van der Waals surface area contributed by atoms with Crippen molar-refractivity contribution in [3.05, 3.63) is 88.9 Å². The van der Waals surface area contributed by atoms with Gasteiger partial charge in [-0.25, -0.2) is 0 Å². The van der Waals surface area contributed by atoms with Gasteiger partial charge in [0.05, 0.1) is 11.4 Å². The number of aromatic nitrogens is 1. The Morgan fingerprint density at radius 2 is 1.78 bits per heavy atom. The van der Waals surface area contributed by atoms with E-state index in [1.165, 1.54) is 0 Å². The van der Waals surface area contributed by atoms with Crippen molar-refractivity contribution in [3.63, 3.8) is 0 Å². The number of fused-ring (bicyclic) bond motifs is 1. The zero-order chi connectivity index (χ0) is 18.8. The maximum Gasteiger partial charge on any atom is 0.251 e. The van der Waals surface area contributed by atoms with E-state index in [1.807, 2.05) is 55.5 Å². The lowest BCUT2D eigenvalue weighted by atomic mass is 10.0. The van der Waals surface area contributed by atoms with Gasteiger partial charge < -0.3 is 9.84 Å². The minimum Gasteiger partial charge on any atom is -0.355 e. The maximum atomic E-state index is 12.7. The number of amides is 1. The summed E-state index contributed by atoms with van der Waals surface area (Å²) in [5.41, 5.74) is 3.17.